The molecule has 0 unspecified atom stereocenters. The van der Waals surface area contributed by atoms with Gasteiger partial charge in [0, 0.05) is 12.6 Å². The van der Waals surface area contributed by atoms with Gasteiger partial charge in [0.15, 0.2) is 5.06 Å². The number of ether oxygens (including phenoxy) is 1. The van der Waals surface area contributed by atoms with E-state index in [0.29, 0.717) is 17.5 Å². The summed E-state index contributed by atoms with van der Waals surface area (Å²) >= 11 is 1.60. The average molecular weight is 479 g/mol. The Hall–Kier alpha value is -2.65. The second kappa shape index (κ2) is 10.8. The van der Waals surface area contributed by atoms with E-state index < -0.39 is 22.0 Å². The number of thiophene rings is 1. The van der Waals surface area contributed by atoms with Crippen LogP contribution >= 0.6 is 11.3 Å². The number of aliphatic hydroxyl groups excluding tert-OH is 1. The van der Waals surface area contributed by atoms with E-state index in [-0.39, 0.29) is 21.9 Å². The molecule has 174 valence electrons. The number of nitrogens with zero attached hydrogens (tertiary/aromatic N) is 2. The van der Waals surface area contributed by atoms with Crippen LogP contribution in [-0.4, -0.2) is 50.2 Å². The van der Waals surface area contributed by atoms with E-state index in [1.807, 2.05) is 24.4 Å². The van der Waals surface area contributed by atoms with E-state index in [1.165, 1.54) is 11.3 Å². The van der Waals surface area contributed by atoms with Crippen LogP contribution in [0.5, 0.6) is 5.06 Å². The van der Waals surface area contributed by atoms with Gasteiger partial charge in [-0.1, -0.05) is 45.4 Å². The fourth-order valence-electron chi connectivity index (χ4n) is 3.21. The highest BCUT2D eigenvalue weighted by molar-refractivity contribution is 7.90. The van der Waals surface area contributed by atoms with Crippen molar-refractivity contribution >= 4 is 33.0 Å². The second-order valence-electron chi connectivity index (χ2n) is 7.26. The maximum absolute atomic E-state index is 12.4. The fourth-order valence-corrected chi connectivity index (χ4v) is 5.26. The molecule has 1 aromatic heterocycles. The quantitative estimate of drug-likeness (QED) is 0.696. The van der Waals surface area contributed by atoms with Crippen LogP contribution < -0.4 is 4.74 Å². The summed E-state index contributed by atoms with van der Waals surface area (Å²) in [7, 11) is -0.613. The van der Waals surface area contributed by atoms with E-state index in [1.54, 1.807) is 50.6 Å². The molecular formula is C23H30N2O5S2. The molecule has 1 atom stereocenters. The van der Waals surface area contributed by atoms with Crippen LogP contribution in [-0.2, 0) is 21.2 Å². The van der Waals surface area contributed by atoms with Gasteiger partial charge < -0.3 is 14.7 Å². The number of hydrogen-bond donors (Lipinski definition) is 1. The summed E-state index contributed by atoms with van der Waals surface area (Å²) < 4.78 is 33.4. The molecule has 7 nitrogen and oxygen atoms in total. The molecule has 2 aliphatic rings. The molecule has 0 spiro atoms. The van der Waals surface area contributed by atoms with Gasteiger partial charge in [-0.05, 0) is 36.4 Å². The molecule has 1 N–H and O–H groups in total. The summed E-state index contributed by atoms with van der Waals surface area (Å²) in [6.07, 6.45) is 1.79. The molecule has 0 aliphatic carbocycles. The summed E-state index contributed by atoms with van der Waals surface area (Å²) in [6.45, 7) is 7.78. The molecule has 1 amide bonds. The smallest absolute Gasteiger partial charge is 0.283 e. The third-order valence-corrected chi connectivity index (χ3v) is 7.15. The highest BCUT2D eigenvalue weighted by Gasteiger charge is 2.42. The third kappa shape index (κ3) is 5.05. The summed E-state index contributed by atoms with van der Waals surface area (Å²) in [5, 5.41) is 13.2. The van der Waals surface area contributed by atoms with E-state index in [0.717, 1.165) is 5.06 Å². The fraction of sp³-hybridized carbons (Fsp3) is 0.391. The second-order valence-corrected chi connectivity index (χ2v) is 9.71. The summed E-state index contributed by atoms with van der Waals surface area (Å²) in [5.74, 6) is -0.565. The Morgan fingerprint density at radius 3 is 2.28 bits per heavy atom. The van der Waals surface area contributed by atoms with Gasteiger partial charge in [-0.2, -0.15) is 12.8 Å². The Labute approximate surface area is 194 Å². The normalized spacial score (nSPS) is 18.3. The molecule has 32 heavy (non-hydrogen) atoms. The van der Waals surface area contributed by atoms with Crippen molar-refractivity contribution in [1.82, 2.24) is 4.90 Å². The lowest BCUT2D eigenvalue weighted by Crippen LogP contribution is -2.30. The SMILES string of the molecule is CCC.CCc1cccc2c1S(=O)(=O)N=C2C1=C(O)[C@H](C)N(C)C1=O.COc1cccs1. The maximum atomic E-state index is 12.4. The predicted octanol–water partition coefficient (Wildman–Crippen LogP) is 4.59. The van der Waals surface area contributed by atoms with E-state index in [2.05, 4.69) is 18.2 Å². The Morgan fingerprint density at radius 1 is 1.19 bits per heavy atom. The van der Waals surface area contributed by atoms with Crippen LogP contribution in [0.25, 0.3) is 0 Å². The number of benzene rings is 1. The lowest BCUT2D eigenvalue weighted by molar-refractivity contribution is -0.125. The largest absolute Gasteiger partial charge is 0.509 e. The van der Waals surface area contributed by atoms with Gasteiger partial charge in [-0.3, -0.25) is 4.79 Å². The highest BCUT2D eigenvalue weighted by atomic mass is 32.2. The van der Waals surface area contributed by atoms with Gasteiger partial charge in [0.05, 0.1) is 13.2 Å². The number of sulfonamides is 1. The zero-order valence-corrected chi connectivity index (χ0v) is 20.9. The molecule has 0 saturated heterocycles. The molecule has 3 heterocycles. The number of rotatable bonds is 3. The number of aryl methyl sites for hydroxylation is 1. The van der Waals surface area contributed by atoms with Crippen LogP contribution in [0.4, 0.5) is 0 Å². The topological polar surface area (TPSA) is 96.3 Å². The van der Waals surface area contributed by atoms with Gasteiger partial charge in [0.25, 0.3) is 15.9 Å². The molecule has 2 aromatic rings. The Kier molecular flexibility index (Phi) is 8.63. The van der Waals surface area contributed by atoms with Crippen LogP contribution in [0.2, 0.25) is 0 Å². The Bertz CT molecular complexity index is 1120. The molecule has 0 fully saturated rings. The number of likely N-dealkylation sites (N-methyl/N-ethyl adjacent to an activating group) is 1. The summed E-state index contributed by atoms with van der Waals surface area (Å²) in [4.78, 5) is 13.8. The molecule has 0 saturated carbocycles. The third-order valence-electron chi connectivity index (χ3n) is 4.90. The lowest BCUT2D eigenvalue weighted by atomic mass is 9.99. The average Bonchev–Trinajstić information content (AvgIpc) is 3.44. The van der Waals surface area contributed by atoms with Crippen molar-refractivity contribution in [2.75, 3.05) is 14.2 Å². The minimum absolute atomic E-state index is 0.0226. The zero-order chi connectivity index (χ0) is 24.1. The van der Waals surface area contributed by atoms with Crippen molar-refractivity contribution in [2.45, 2.75) is 51.5 Å². The Morgan fingerprint density at radius 2 is 1.84 bits per heavy atom. The van der Waals surface area contributed by atoms with Crippen molar-refractivity contribution in [3.8, 4) is 5.06 Å². The minimum Gasteiger partial charge on any atom is -0.509 e. The standard InChI is InChI=1S/C15H16N2O4S.C5H6OS.C3H8/c1-4-9-6-5-7-10-12(16-22(20,21)14(9)10)11-13(18)8(2)17(3)15(11)19;1-6-5-3-2-4-7-5;1-3-2/h5-8,18H,4H2,1-3H3;2-4H,1H3;3H2,1-2H3/t8-;;/m0../s1. The van der Waals surface area contributed by atoms with Crippen LogP contribution in [0, 0.1) is 0 Å². The van der Waals surface area contributed by atoms with Gasteiger partial charge in [0.2, 0.25) is 0 Å². The number of fused-ring (bicyclic) bond motifs is 1. The van der Waals surface area contributed by atoms with E-state index >= 15 is 0 Å². The molecule has 0 radical (unpaired) electrons. The van der Waals surface area contributed by atoms with Crippen LogP contribution in [0.15, 0.2) is 56.3 Å². The predicted molar refractivity (Wildman–Crippen MR) is 128 cm³/mol. The molecule has 0 bridgehead atoms. The number of methoxy groups -OCH3 is 1. The molecule has 1 aromatic carbocycles. The monoisotopic (exact) mass is 478 g/mol. The summed E-state index contributed by atoms with van der Waals surface area (Å²) in [5.41, 5.74) is 1.06. The number of hydrogen-bond acceptors (Lipinski definition) is 6. The van der Waals surface area contributed by atoms with Gasteiger partial charge >= 0.3 is 0 Å². The number of carbonyl (C=O) groups excluding carboxylic acids is 1. The maximum Gasteiger partial charge on any atom is 0.283 e. The van der Waals surface area contributed by atoms with Crippen LogP contribution in [0.3, 0.4) is 0 Å². The molecule has 4 rings (SSSR count). The van der Waals surface area contributed by atoms with Crippen molar-refractivity contribution in [3.05, 3.63) is 58.2 Å². The minimum atomic E-state index is -3.84. The first kappa shape index (κ1) is 25.6. The van der Waals surface area contributed by atoms with Crippen LogP contribution in [0.1, 0.15) is 45.2 Å². The highest BCUT2D eigenvalue weighted by Crippen LogP contribution is 2.35. The van der Waals surface area contributed by atoms with E-state index in [9.17, 15) is 18.3 Å². The zero-order valence-electron chi connectivity index (χ0n) is 19.2. The first-order valence-electron chi connectivity index (χ1n) is 10.4. The number of aliphatic hydroxyl groups is 1. The van der Waals surface area contributed by atoms with Crippen molar-refractivity contribution in [3.63, 3.8) is 0 Å². The van der Waals surface area contributed by atoms with E-state index in [4.69, 9.17) is 4.74 Å². The van der Waals surface area contributed by atoms with Gasteiger partial charge in [0.1, 0.15) is 21.9 Å². The lowest BCUT2D eigenvalue weighted by Gasteiger charge is -2.14. The number of amides is 1. The Balaban J connectivity index is 0.000000302. The van der Waals surface area contributed by atoms with Crippen molar-refractivity contribution in [1.29, 1.82) is 0 Å². The molecular weight excluding hydrogens is 448 g/mol. The van der Waals surface area contributed by atoms with Gasteiger partial charge in [-0.15, -0.1) is 11.3 Å². The first-order valence-corrected chi connectivity index (χ1v) is 12.7. The van der Waals surface area contributed by atoms with Crippen molar-refractivity contribution < 1.29 is 23.1 Å². The van der Waals surface area contributed by atoms with Crippen molar-refractivity contribution in [2.24, 2.45) is 4.40 Å². The first-order chi connectivity index (χ1) is 15.1. The molecule has 9 heteroatoms. The van der Waals surface area contributed by atoms with Gasteiger partial charge in [-0.25, -0.2) is 0 Å². The summed E-state index contributed by atoms with van der Waals surface area (Å²) in [6, 6.07) is 8.49. The molecule has 2 aliphatic heterocycles. The number of carbonyl (C=O) groups is 1.